The van der Waals surface area contributed by atoms with Crippen LogP contribution >= 0.6 is 11.3 Å². The van der Waals surface area contributed by atoms with E-state index in [9.17, 15) is 4.79 Å². The Labute approximate surface area is 100 Å². The van der Waals surface area contributed by atoms with Gasteiger partial charge in [0.15, 0.2) is 5.13 Å². The van der Waals surface area contributed by atoms with Gasteiger partial charge in [-0.05, 0) is 27.2 Å². The third kappa shape index (κ3) is 4.61. The Hall–Kier alpha value is -1.10. The molecule has 0 fully saturated rings. The van der Waals surface area contributed by atoms with Gasteiger partial charge in [-0.15, -0.1) is 11.3 Å². The second-order valence-electron chi connectivity index (χ2n) is 4.51. The molecule has 1 amide bonds. The molecule has 0 aromatic carbocycles. The summed E-state index contributed by atoms with van der Waals surface area (Å²) in [6.07, 6.45) is 3.41. The van der Waals surface area contributed by atoms with Crippen LogP contribution < -0.4 is 5.32 Å². The van der Waals surface area contributed by atoms with Crippen molar-refractivity contribution in [2.24, 2.45) is 0 Å². The predicted octanol–water partition coefficient (Wildman–Crippen LogP) is 3.44. The average Bonchev–Trinajstić information content (AvgIpc) is 2.49. The average molecular weight is 242 g/mol. The van der Waals surface area contributed by atoms with E-state index < -0.39 is 11.7 Å². The highest BCUT2D eigenvalue weighted by Gasteiger charge is 2.17. The lowest BCUT2D eigenvalue weighted by atomic mass is 10.2. The van der Waals surface area contributed by atoms with Gasteiger partial charge in [0.1, 0.15) is 5.60 Å². The highest BCUT2D eigenvalue weighted by molar-refractivity contribution is 7.15. The summed E-state index contributed by atoms with van der Waals surface area (Å²) in [6, 6.07) is 0. The van der Waals surface area contributed by atoms with Crippen LogP contribution in [-0.2, 0) is 11.2 Å². The Balaban J connectivity index is 2.50. The minimum atomic E-state index is -0.479. The zero-order valence-electron chi connectivity index (χ0n) is 10.2. The molecular weight excluding hydrogens is 224 g/mol. The second kappa shape index (κ2) is 5.30. The molecule has 0 aliphatic heterocycles. The van der Waals surface area contributed by atoms with Crippen molar-refractivity contribution in [3.63, 3.8) is 0 Å². The molecule has 16 heavy (non-hydrogen) atoms. The smallest absolute Gasteiger partial charge is 0.413 e. The van der Waals surface area contributed by atoms with E-state index in [0.717, 1.165) is 12.8 Å². The summed E-state index contributed by atoms with van der Waals surface area (Å²) in [6.45, 7) is 7.60. The van der Waals surface area contributed by atoms with Crippen molar-refractivity contribution in [3.8, 4) is 0 Å². The van der Waals surface area contributed by atoms with E-state index in [1.807, 2.05) is 20.8 Å². The molecule has 0 unspecified atom stereocenters. The predicted molar refractivity (Wildman–Crippen MR) is 66.0 cm³/mol. The molecule has 90 valence electrons. The number of amides is 1. The lowest BCUT2D eigenvalue weighted by Crippen LogP contribution is -2.27. The molecule has 0 atom stereocenters. The first-order valence-electron chi connectivity index (χ1n) is 5.35. The Morgan fingerprint density at radius 3 is 2.81 bits per heavy atom. The quantitative estimate of drug-likeness (QED) is 0.883. The number of nitrogens with one attached hydrogen (secondary N) is 1. The maximum absolute atomic E-state index is 11.4. The summed E-state index contributed by atoms with van der Waals surface area (Å²) in [5, 5.41) is 3.22. The maximum atomic E-state index is 11.4. The number of carbonyl (C=O) groups is 1. The number of rotatable bonds is 3. The van der Waals surface area contributed by atoms with E-state index in [1.54, 1.807) is 6.20 Å². The molecule has 1 aromatic heterocycles. The van der Waals surface area contributed by atoms with Crippen molar-refractivity contribution in [2.45, 2.75) is 46.1 Å². The molecule has 0 saturated heterocycles. The molecule has 1 N–H and O–H groups in total. The van der Waals surface area contributed by atoms with Crippen molar-refractivity contribution < 1.29 is 9.53 Å². The largest absolute Gasteiger partial charge is 0.444 e. The number of anilines is 1. The minimum Gasteiger partial charge on any atom is -0.444 e. The van der Waals surface area contributed by atoms with Crippen LogP contribution in [0.5, 0.6) is 0 Å². The highest BCUT2D eigenvalue weighted by Crippen LogP contribution is 2.20. The summed E-state index contributed by atoms with van der Waals surface area (Å²) in [4.78, 5) is 16.7. The number of carbonyl (C=O) groups excluding carboxylic acids is 1. The third-order valence-electron chi connectivity index (χ3n) is 1.66. The van der Waals surface area contributed by atoms with Crippen molar-refractivity contribution in [1.82, 2.24) is 4.98 Å². The molecule has 4 nitrogen and oxygen atoms in total. The molecule has 1 aromatic rings. The molecule has 1 heterocycles. The van der Waals surface area contributed by atoms with Crippen molar-refractivity contribution in [2.75, 3.05) is 5.32 Å². The van der Waals surface area contributed by atoms with Crippen molar-refractivity contribution in [1.29, 1.82) is 0 Å². The summed E-state index contributed by atoms with van der Waals surface area (Å²) in [5.74, 6) is 0. The number of thiazole rings is 1. The summed E-state index contributed by atoms with van der Waals surface area (Å²) < 4.78 is 5.13. The molecule has 1 rings (SSSR count). The van der Waals surface area contributed by atoms with E-state index in [-0.39, 0.29) is 0 Å². The molecule has 5 heteroatoms. The molecular formula is C11H18N2O2S. The Morgan fingerprint density at radius 2 is 2.25 bits per heavy atom. The molecule has 0 aliphatic carbocycles. The van der Waals surface area contributed by atoms with Crippen LogP contribution in [0.4, 0.5) is 9.93 Å². The Kier molecular flexibility index (Phi) is 4.29. The second-order valence-corrected chi connectivity index (χ2v) is 5.62. The van der Waals surface area contributed by atoms with Crippen LogP contribution in [0.25, 0.3) is 0 Å². The first-order chi connectivity index (χ1) is 7.40. The Morgan fingerprint density at radius 1 is 1.56 bits per heavy atom. The van der Waals surface area contributed by atoms with Gasteiger partial charge in [0.2, 0.25) is 0 Å². The van der Waals surface area contributed by atoms with Crippen LogP contribution in [-0.4, -0.2) is 16.7 Å². The number of ether oxygens (including phenoxy) is 1. The van der Waals surface area contributed by atoms with Gasteiger partial charge in [0, 0.05) is 11.1 Å². The lowest BCUT2D eigenvalue weighted by Gasteiger charge is -2.18. The standard InChI is InChI=1S/C11H18N2O2S/c1-5-6-8-7-12-9(16-8)13-10(14)15-11(2,3)4/h7H,5-6H2,1-4H3,(H,12,13,14). The molecule has 0 bridgehead atoms. The highest BCUT2D eigenvalue weighted by atomic mass is 32.1. The van der Waals surface area contributed by atoms with Gasteiger partial charge >= 0.3 is 6.09 Å². The van der Waals surface area contributed by atoms with Gasteiger partial charge in [-0.1, -0.05) is 13.3 Å². The fraction of sp³-hybridized carbons (Fsp3) is 0.636. The van der Waals surface area contributed by atoms with E-state index >= 15 is 0 Å². The maximum Gasteiger partial charge on any atom is 0.413 e. The summed E-state index contributed by atoms with van der Waals surface area (Å²) >= 11 is 1.49. The first-order valence-corrected chi connectivity index (χ1v) is 6.17. The van der Waals surface area contributed by atoms with E-state index in [2.05, 4.69) is 17.2 Å². The van der Waals surface area contributed by atoms with E-state index in [1.165, 1.54) is 16.2 Å². The van der Waals surface area contributed by atoms with Crippen molar-refractivity contribution >= 4 is 22.6 Å². The monoisotopic (exact) mass is 242 g/mol. The van der Waals surface area contributed by atoms with Crippen LogP contribution in [0.1, 0.15) is 39.0 Å². The molecule has 0 radical (unpaired) electrons. The molecule has 0 spiro atoms. The fourth-order valence-corrected chi connectivity index (χ4v) is 2.02. The van der Waals surface area contributed by atoms with Gasteiger partial charge in [0.25, 0.3) is 0 Å². The van der Waals surface area contributed by atoms with Crippen LogP contribution in [0.3, 0.4) is 0 Å². The first kappa shape index (κ1) is 13.0. The number of aryl methyl sites for hydroxylation is 1. The number of aromatic nitrogens is 1. The molecule has 0 aliphatic rings. The van der Waals surface area contributed by atoms with Gasteiger partial charge < -0.3 is 4.74 Å². The SMILES string of the molecule is CCCc1cnc(NC(=O)OC(C)(C)C)s1. The third-order valence-corrected chi connectivity index (χ3v) is 2.63. The Bertz CT molecular complexity index is 355. The topological polar surface area (TPSA) is 51.2 Å². The van der Waals surface area contributed by atoms with Gasteiger partial charge in [-0.3, -0.25) is 5.32 Å². The number of hydrogen-bond acceptors (Lipinski definition) is 4. The lowest BCUT2D eigenvalue weighted by molar-refractivity contribution is 0.0636. The van der Waals surface area contributed by atoms with Gasteiger partial charge in [-0.25, -0.2) is 9.78 Å². The number of nitrogens with zero attached hydrogens (tertiary/aromatic N) is 1. The summed E-state index contributed by atoms with van der Waals surface area (Å²) in [5.41, 5.74) is -0.479. The van der Waals surface area contributed by atoms with E-state index in [4.69, 9.17) is 4.74 Å². The van der Waals surface area contributed by atoms with Crippen LogP contribution in [0.2, 0.25) is 0 Å². The summed E-state index contributed by atoms with van der Waals surface area (Å²) in [7, 11) is 0. The fourth-order valence-electron chi connectivity index (χ4n) is 1.12. The van der Waals surface area contributed by atoms with Gasteiger partial charge in [-0.2, -0.15) is 0 Å². The zero-order valence-corrected chi connectivity index (χ0v) is 11.0. The van der Waals surface area contributed by atoms with E-state index in [0.29, 0.717) is 5.13 Å². The zero-order chi connectivity index (χ0) is 12.2. The normalized spacial score (nSPS) is 11.2. The van der Waals surface area contributed by atoms with Gasteiger partial charge in [0.05, 0.1) is 0 Å². The minimum absolute atomic E-state index is 0.454. The van der Waals surface area contributed by atoms with Crippen molar-refractivity contribution in [3.05, 3.63) is 11.1 Å². The number of hydrogen-bond donors (Lipinski definition) is 1. The van der Waals surface area contributed by atoms with Crippen LogP contribution in [0.15, 0.2) is 6.20 Å². The molecule has 0 saturated carbocycles. The van der Waals surface area contributed by atoms with Crippen LogP contribution in [0, 0.1) is 0 Å².